The van der Waals surface area contributed by atoms with Gasteiger partial charge in [0.05, 0.1) is 12.7 Å². The van der Waals surface area contributed by atoms with Crippen LogP contribution < -0.4 is 4.72 Å². The van der Waals surface area contributed by atoms with Crippen molar-refractivity contribution in [3.8, 4) is 0 Å². The van der Waals surface area contributed by atoms with Gasteiger partial charge in [0.15, 0.2) is 0 Å². The van der Waals surface area contributed by atoms with Gasteiger partial charge in [-0.25, -0.2) is 13.1 Å². The predicted molar refractivity (Wildman–Crippen MR) is 72.8 cm³/mol. The van der Waals surface area contributed by atoms with Crippen LogP contribution >= 0.6 is 0 Å². The summed E-state index contributed by atoms with van der Waals surface area (Å²) in [4.78, 5) is 0. The van der Waals surface area contributed by atoms with Gasteiger partial charge < -0.3 is 14.6 Å². The molecule has 3 fully saturated rings. The van der Waals surface area contributed by atoms with Crippen LogP contribution in [0.3, 0.4) is 0 Å². The van der Waals surface area contributed by atoms with E-state index >= 15 is 0 Å². The molecule has 20 heavy (non-hydrogen) atoms. The summed E-state index contributed by atoms with van der Waals surface area (Å²) < 4.78 is 37.6. The summed E-state index contributed by atoms with van der Waals surface area (Å²) in [7, 11) is -1.87. The van der Waals surface area contributed by atoms with Gasteiger partial charge in [0.25, 0.3) is 0 Å². The zero-order chi connectivity index (χ0) is 14.4. The van der Waals surface area contributed by atoms with Crippen molar-refractivity contribution in [3.05, 3.63) is 0 Å². The molecule has 116 valence electrons. The lowest BCUT2D eigenvalue weighted by molar-refractivity contribution is -0.143. The zero-order valence-electron chi connectivity index (χ0n) is 11.8. The zero-order valence-corrected chi connectivity index (χ0v) is 12.6. The molecule has 3 rings (SSSR count). The lowest BCUT2D eigenvalue weighted by atomic mass is 9.58. The summed E-state index contributed by atoms with van der Waals surface area (Å²) in [5.41, 5.74) is -0.325. The smallest absolute Gasteiger partial charge is 0.219 e. The van der Waals surface area contributed by atoms with Gasteiger partial charge in [-0.3, -0.25) is 0 Å². The van der Waals surface area contributed by atoms with E-state index in [1.165, 1.54) is 7.11 Å². The summed E-state index contributed by atoms with van der Waals surface area (Å²) in [5, 5.41) is 10.1. The van der Waals surface area contributed by atoms with Crippen LogP contribution in [0.2, 0.25) is 0 Å². The Morgan fingerprint density at radius 1 is 1.30 bits per heavy atom. The SMILES string of the molecule is COCC1(S(=O)(=O)N[C@@H]2C[C@@H](O)C23CCOCC3)CC1. The van der Waals surface area contributed by atoms with Gasteiger partial charge in [-0.2, -0.15) is 0 Å². The average molecular weight is 305 g/mol. The molecule has 0 aromatic rings. The summed E-state index contributed by atoms with van der Waals surface area (Å²) in [6.07, 6.45) is 2.83. The number of sulfonamides is 1. The molecule has 2 aliphatic carbocycles. The number of hydrogen-bond donors (Lipinski definition) is 2. The van der Waals surface area contributed by atoms with Gasteiger partial charge in [0, 0.05) is 31.8 Å². The first-order valence-electron chi connectivity index (χ1n) is 7.22. The van der Waals surface area contributed by atoms with E-state index in [2.05, 4.69) is 4.72 Å². The third kappa shape index (κ3) is 2.11. The summed E-state index contributed by atoms with van der Waals surface area (Å²) in [6.45, 7) is 1.44. The van der Waals surface area contributed by atoms with Crippen molar-refractivity contribution in [2.45, 2.75) is 49.0 Å². The Morgan fingerprint density at radius 3 is 2.45 bits per heavy atom. The molecular formula is C13H23NO5S. The van der Waals surface area contributed by atoms with Crippen LogP contribution in [0.25, 0.3) is 0 Å². The van der Waals surface area contributed by atoms with E-state index in [4.69, 9.17) is 9.47 Å². The van der Waals surface area contributed by atoms with Gasteiger partial charge in [0.1, 0.15) is 4.75 Å². The number of nitrogens with one attached hydrogen (secondary N) is 1. The topological polar surface area (TPSA) is 84.9 Å². The summed E-state index contributed by atoms with van der Waals surface area (Å²) in [5.74, 6) is 0. The van der Waals surface area contributed by atoms with Crippen molar-refractivity contribution in [1.82, 2.24) is 4.72 Å². The van der Waals surface area contributed by atoms with Crippen molar-refractivity contribution in [2.24, 2.45) is 5.41 Å². The third-order valence-corrected chi connectivity index (χ3v) is 7.58. The molecule has 0 radical (unpaired) electrons. The minimum atomic E-state index is -3.40. The fourth-order valence-electron chi connectivity index (χ4n) is 3.57. The predicted octanol–water partition coefficient (Wildman–Crippen LogP) is 0.0148. The van der Waals surface area contributed by atoms with Crippen LogP contribution in [0.5, 0.6) is 0 Å². The Labute approximate surface area is 119 Å². The largest absolute Gasteiger partial charge is 0.392 e. The monoisotopic (exact) mass is 305 g/mol. The second-order valence-electron chi connectivity index (χ2n) is 6.39. The highest BCUT2D eigenvalue weighted by Crippen LogP contribution is 2.51. The van der Waals surface area contributed by atoms with E-state index in [0.29, 0.717) is 32.5 Å². The molecule has 0 aromatic heterocycles. The van der Waals surface area contributed by atoms with Crippen molar-refractivity contribution in [1.29, 1.82) is 0 Å². The van der Waals surface area contributed by atoms with E-state index in [0.717, 1.165) is 12.8 Å². The number of ether oxygens (including phenoxy) is 2. The highest BCUT2D eigenvalue weighted by molar-refractivity contribution is 7.91. The fraction of sp³-hybridized carbons (Fsp3) is 1.00. The van der Waals surface area contributed by atoms with Gasteiger partial charge in [-0.05, 0) is 32.1 Å². The number of methoxy groups -OCH3 is 1. The highest BCUT2D eigenvalue weighted by atomic mass is 32.2. The summed E-state index contributed by atoms with van der Waals surface area (Å²) in [6, 6.07) is -0.166. The van der Waals surface area contributed by atoms with Crippen LogP contribution in [0, 0.1) is 5.41 Å². The maximum atomic E-state index is 12.5. The first-order chi connectivity index (χ1) is 9.46. The van der Waals surface area contributed by atoms with Crippen LogP contribution in [0.4, 0.5) is 0 Å². The number of aliphatic hydroxyl groups excluding tert-OH is 1. The first kappa shape index (κ1) is 14.7. The van der Waals surface area contributed by atoms with Crippen LogP contribution in [0.15, 0.2) is 0 Å². The molecule has 1 saturated heterocycles. The second kappa shape index (κ2) is 4.91. The molecule has 7 heteroatoms. The Morgan fingerprint density at radius 2 is 1.95 bits per heavy atom. The van der Waals surface area contributed by atoms with E-state index in [1.54, 1.807) is 0 Å². The minimum absolute atomic E-state index is 0.166. The fourth-order valence-corrected chi connectivity index (χ4v) is 5.44. The van der Waals surface area contributed by atoms with Gasteiger partial charge >= 0.3 is 0 Å². The molecule has 0 aromatic carbocycles. The van der Waals surface area contributed by atoms with Crippen molar-refractivity contribution < 1.29 is 23.0 Å². The van der Waals surface area contributed by atoms with Gasteiger partial charge in [0.2, 0.25) is 10.0 Å². The molecule has 0 amide bonds. The van der Waals surface area contributed by atoms with Crippen molar-refractivity contribution in [3.63, 3.8) is 0 Å². The molecule has 3 aliphatic rings. The van der Waals surface area contributed by atoms with Gasteiger partial charge in [-0.1, -0.05) is 0 Å². The molecule has 1 heterocycles. The van der Waals surface area contributed by atoms with E-state index in [9.17, 15) is 13.5 Å². The Bertz CT molecular complexity index is 467. The van der Waals surface area contributed by atoms with Crippen LogP contribution in [-0.2, 0) is 19.5 Å². The quantitative estimate of drug-likeness (QED) is 0.748. The Hall–Kier alpha value is -0.210. The third-order valence-electron chi connectivity index (χ3n) is 5.32. The van der Waals surface area contributed by atoms with E-state index in [-0.39, 0.29) is 18.1 Å². The lowest BCUT2D eigenvalue weighted by Gasteiger charge is -2.55. The van der Waals surface area contributed by atoms with Crippen LogP contribution in [0.1, 0.15) is 32.1 Å². The molecule has 2 atom stereocenters. The molecule has 0 bridgehead atoms. The molecule has 6 nitrogen and oxygen atoms in total. The maximum absolute atomic E-state index is 12.5. The molecule has 2 saturated carbocycles. The maximum Gasteiger partial charge on any atom is 0.219 e. The lowest BCUT2D eigenvalue weighted by Crippen LogP contribution is -2.66. The molecule has 1 aliphatic heterocycles. The number of aliphatic hydroxyl groups is 1. The average Bonchev–Trinajstić information content (AvgIpc) is 3.21. The minimum Gasteiger partial charge on any atom is -0.392 e. The molecule has 2 N–H and O–H groups in total. The molecular weight excluding hydrogens is 282 g/mol. The molecule has 0 unspecified atom stereocenters. The van der Waals surface area contributed by atoms with E-state index in [1.807, 2.05) is 0 Å². The van der Waals surface area contributed by atoms with Crippen molar-refractivity contribution in [2.75, 3.05) is 26.9 Å². The molecule has 1 spiro atoms. The summed E-state index contributed by atoms with van der Waals surface area (Å²) >= 11 is 0. The normalized spacial score (nSPS) is 34.7. The van der Waals surface area contributed by atoms with E-state index < -0.39 is 20.9 Å². The first-order valence-corrected chi connectivity index (χ1v) is 8.71. The Kier molecular flexibility index (Phi) is 3.62. The Balaban J connectivity index is 1.72. The number of rotatable bonds is 5. The van der Waals surface area contributed by atoms with Gasteiger partial charge in [-0.15, -0.1) is 0 Å². The number of hydrogen-bond acceptors (Lipinski definition) is 5. The highest BCUT2D eigenvalue weighted by Gasteiger charge is 2.60. The standard InChI is InChI=1S/C13H23NO5S/c1-18-9-12(2-3-12)20(16,17)14-10-8-11(15)13(10)4-6-19-7-5-13/h10-11,14-15H,2-9H2,1H3/t10-,11-/m1/s1. The van der Waals surface area contributed by atoms with Crippen LogP contribution in [-0.4, -0.2) is 57.3 Å². The second-order valence-corrected chi connectivity index (χ2v) is 8.50. The van der Waals surface area contributed by atoms with Crippen molar-refractivity contribution >= 4 is 10.0 Å².